The fourth-order valence-corrected chi connectivity index (χ4v) is 4.40. The van der Waals surface area contributed by atoms with Gasteiger partial charge < -0.3 is 14.6 Å². The Morgan fingerprint density at radius 1 is 1.00 bits per heavy atom. The van der Waals surface area contributed by atoms with E-state index in [1.807, 2.05) is 43.3 Å². The number of aromatic nitrogens is 4. The molecule has 0 radical (unpaired) electrons. The van der Waals surface area contributed by atoms with Gasteiger partial charge in [0.05, 0.1) is 0 Å². The van der Waals surface area contributed by atoms with Crippen LogP contribution in [0.2, 0.25) is 0 Å². The van der Waals surface area contributed by atoms with E-state index in [4.69, 9.17) is 4.42 Å². The molecule has 4 aromatic rings. The van der Waals surface area contributed by atoms with Crippen molar-refractivity contribution in [2.75, 3.05) is 18.4 Å². The number of carbonyl (C=O) groups is 2. The highest BCUT2D eigenvalue weighted by atomic mass is 32.1. The zero-order valence-corrected chi connectivity index (χ0v) is 19.3. The average Bonchev–Trinajstić information content (AvgIpc) is 3.56. The zero-order chi connectivity index (χ0) is 23.5. The fourth-order valence-electron chi connectivity index (χ4n) is 3.95. The number of anilines is 1. The number of aryl methyl sites for hydroxylation is 1. The Labute approximate surface area is 199 Å². The van der Waals surface area contributed by atoms with Crippen molar-refractivity contribution in [3.8, 4) is 22.9 Å². The van der Waals surface area contributed by atoms with E-state index in [2.05, 4.69) is 25.7 Å². The van der Waals surface area contributed by atoms with Crippen molar-refractivity contribution in [2.45, 2.75) is 19.8 Å². The molecule has 1 saturated heterocycles. The summed E-state index contributed by atoms with van der Waals surface area (Å²) in [5.41, 5.74) is 4.88. The number of amides is 2. The van der Waals surface area contributed by atoms with E-state index >= 15 is 0 Å². The number of hydrogen-bond donors (Lipinski definition) is 1. The van der Waals surface area contributed by atoms with Crippen LogP contribution >= 0.6 is 11.3 Å². The second-order valence-corrected chi connectivity index (χ2v) is 8.99. The third-order valence-electron chi connectivity index (χ3n) is 5.81. The summed E-state index contributed by atoms with van der Waals surface area (Å²) in [7, 11) is 0. The molecule has 34 heavy (non-hydrogen) atoms. The third-order valence-corrected chi connectivity index (χ3v) is 6.42. The van der Waals surface area contributed by atoms with Crippen LogP contribution < -0.4 is 5.32 Å². The molecule has 5 rings (SSSR count). The number of hydrogen-bond acceptors (Lipinski definition) is 8. The Morgan fingerprint density at radius 2 is 1.74 bits per heavy atom. The van der Waals surface area contributed by atoms with Gasteiger partial charge in [0.2, 0.25) is 22.8 Å². The maximum Gasteiger partial charge on any atom is 0.253 e. The van der Waals surface area contributed by atoms with Crippen molar-refractivity contribution in [3.63, 3.8) is 0 Å². The summed E-state index contributed by atoms with van der Waals surface area (Å²) in [6, 6.07) is 15.0. The average molecular weight is 475 g/mol. The Morgan fingerprint density at radius 3 is 2.41 bits per heavy atom. The zero-order valence-electron chi connectivity index (χ0n) is 18.5. The lowest BCUT2D eigenvalue weighted by Crippen LogP contribution is -2.41. The number of rotatable bonds is 5. The maximum absolute atomic E-state index is 13.0. The lowest BCUT2D eigenvalue weighted by Gasteiger charge is -2.31. The first-order valence-electron chi connectivity index (χ1n) is 10.9. The lowest BCUT2D eigenvalue weighted by atomic mass is 9.95. The van der Waals surface area contributed by atoms with Crippen molar-refractivity contribution >= 4 is 28.3 Å². The van der Waals surface area contributed by atoms with Gasteiger partial charge in [-0.25, -0.2) is 0 Å². The topological polar surface area (TPSA) is 114 Å². The number of benzene rings is 2. The quantitative estimate of drug-likeness (QED) is 0.464. The number of nitrogens with zero attached hydrogens (tertiary/aromatic N) is 5. The summed E-state index contributed by atoms with van der Waals surface area (Å²) in [5.74, 6) is 0.586. The Hall–Kier alpha value is -3.92. The van der Waals surface area contributed by atoms with Gasteiger partial charge in [0.15, 0.2) is 0 Å². The Bertz CT molecular complexity index is 1290. The van der Waals surface area contributed by atoms with E-state index in [9.17, 15) is 9.59 Å². The van der Waals surface area contributed by atoms with Crippen LogP contribution in [0.1, 0.15) is 28.8 Å². The molecule has 10 heteroatoms. The summed E-state index contributed by atoms with van der Waals surface area (Å²) in [6.07, 6.45) is 1.22. The summed E-state index contributed by atoms with van der Waals surface area (Å²) < 4.78 is 5.84. The molecule has 172 valence electrons. The molecule has 0 bridgehead atoms. The molecule has 1 N–H and O–H groups in total. The Balaban J connectivity index is 1.20. The van der Waals surface area contributed by atoms with Crippen molar-refractivity contribution in [2.24, 2.45) is 5.92 Å². The van der Waals surface area contributed by atoms with E-state index in [1.165, 1.54) is 11.3 Å². The summed E-state index contributed by atoms with van der Waals surface area (Å²) in [5, 5.41) is 19.1. The largest absolute Gasteiger partial charge is 0.416 e. The first-order valence-corrected chi connectivity index (χ1v) is 11.8. The third kappa shape index (κ3) is 4.72. The SMILES string of the molecule is Cc1cccc(-c2nnc(-c3ccc(C(=O)N4CCC(C(=O)Nc5nncs5)CC4)cc3)o2)c1. The van der Waals surface area contributed by atoms with Crippen molar-refractivity contribution in [3.05, 3.63) is 65.2 Å². The molecule has 0 unspecified atom stereocenters. The predicted molar refractivity (Wildman–Crippen MR) is 127 cm³/mol. The van der Waals surface area contributed by atoms with Gasteiger partial charge in [-0.2, -0.15) is 0 Å². The molecule has 1 aliphatic heterocycles. The molecule has 1 aliphatic rings. The van der Waals surface area contributed by atoms with Crippen LogP contribution in [-0.4, -0.2) is 50.2 Å². The molecule has 2 amide bonds. The molecule has 2 aromatic carbocycles. The summed E-state index contributed by atoms with van der Waals surface area (Å²) in [6.45, 7) is 3.06. The minimum atomic E-state index is -0.143. The van der Waals surface area contributed by atoms with Crippen LogP contribution in [0.3, 0.4) is 0 Å². The fraction of sp³-hybridized carbons (Fsp3) is 0.250. The van der Waals surface area contributed by atoms with Crippen LogP contribution in [0.15, 0.2) is 58.5 Å². The molecule has 2 aromatic heterocycles. The standard InChI is InChI=1S/C24H22N6O3S/c1-15-3-2-4-19(13-15)22-28-27-21(33-22)17-5-7-18(8-6-17)23(32)30-11-9-16(10-12-30)20(31)26-24-29-25-14-34-24/h2-8,13-14,16H,9-12H2,1H3,(H,26,29,31). The number of carbonyl (C=O) groups excluding carboxylic acids is 2. The van der Waals surface area contributed by atoms with Gasteiger partial charge in [0.1, 0.15) is 5.51 Å². The van der Waals surface area contributed by atoms with Gasteiger partial charge in [0, 0.05) is 35.7 Å². The lowest BCUT2D eigenvalue weighted by molar-refractivity contribution is -0.121. The molecule has 3 heterocycles. The smallest absolute Gasteiger partial charge is 0.253 e. The number of likely N-dealkylation sites (tertiary alicyclic amines) is 1. The van der Waals surface area contributed by atoms with Crippen LogP contribution in [0.5, 0.6) is 0 Å². The van der Waals surface area contributed by atoms with E-state index in [0.29, 0.717) is 48.4 Å². The molecule has 0 spiro atoms. The monoisotopic (exact) mass is 474 g/mol. The minimum Gasteiger partial charge on any atom is -0.416 e. The van der Waals surface area contributed by atoms with Gasteiger partial charge in [-0.3, -0.25) is 9.59 Å². The van der Waals surface area contributed by atoms with E-state index in [0.717, 1.165) is 16.7 Å². The molecule has 0 aliphatic carbocycles. The Kier molecular flexibility index (Phi) is 6.13. The summed E-state index contributed by atoms with van der Waals surface area (Å²) in [4.78, 5) is 27.1. The molecule has 1 fully saturated rings. The van der Waals surface area contributed by atoms with Crippen LogP contribution in [0.4, 0.5) is 5.13 Å². The van der Waals surface area contributed by atoms with Crippen molar-refractivity contribution < 1.29 is 14.0 Å². The van der Waals surface area contributed by atoms with Crippen molar-refractivity contribution in [1.29, 1.82) is 0 Å². The van der Waals surface area contributed by atoms with E-state index in [-0.39, 0.29) is 17.7 Å². The van der Waals surface area contributed by atoms with E-state index in [1.54, 1.807) is 22.5 Å². The first kappa shape index (κ1) is 21.9. The molecular weight excluding hydrogens is 452 g/mol. The van der Waals surface area contributed by atoms with E-state index < -0.39 is 0 Å². The van der Waals surface area contributed by atoms with Gasteiger partial charge in [-0.05, 0) is 56.2 Å². The number of piperidine rings is 1. The molecule has 9 nitrogen and oxygen atoms in total. The molecular formula is C24H22N6O3S. The van der Waals surface area contributed by atoms with Gasteiger partial charge in [-0.15, -0.1) is 20.4 Å². The minimum absolute atomic E-state index is 0.0551. The van der Waals surface area contributed by atoms with Crippen molar-refractivity contribution in [1.82, 2.24) is 25.3 Å². The van der Waals surface area contributed by atoms with Gasteiger partial charge in [0.25, 0.3) is 5.91 Å². The van der Waals surface area contributed by atoms with Gasteiger partial charge >= 0.3 is 0 Å². The highest BCUT2D eigenvalue weighted by Crippen LogP contribution is 2.26. The second kappa shape index (κ2) is 9.52. The number of nitrogens with one attached hydrogen (secondary N) is 1. The normalized spacial score (nSPS) is 14.2. The van der Waals surface area contributed by atoms with Crippen LogP contribution in [-0.2, 0) is 4.79 Å². The highest BCUT2D eigenvalue weighted by Gasteiger charge is 2.28. The highest BCUT2D eigenvalue weighted by molar-refractivity contribution is 7.13. The molecule has 0 saturated carbocycles. The predicted octanol–water partition coefficient (Wildman–Crippen LogP) is 4.05. The maximum atomic E-state index is 13.0. The van der Waals surface area contributed by atoms with Crippen LogP contribution in [0, 0.1) is 12.8 Å². The summed E-state index contributed by atoms with van der Waals surface area (Å²) >= 11 is 1.28. The molecule has 0 atom stereocenters. The second-order valence-electron chi connectivity index (χ2n) is 8.16. The van der Waals surface area contributed by atoms with Crippen LogP contribution in [0.25, 0.3) is 22.9 Å². The van der Waals surface area contributed by atoms with Gasteiger partial charge in [-0.1, -0.05) is 29.0 Å². The first-order chi connectivity index (χ1) is 16.6.